The summed E-state index contributed by atoms with van der Waals surface area (Å²) in [5.74, 6) is -0.522. The molecule has 0 atom stereocenters. The number of carbonyl (C=O) groups excluding carboxylic acids is 2. The lowest BCUT2D eigenvalue weighted by atomic mass is 10.1. The molecule has 1 heterocycles. The Hall–Kier alpha value is -2.89. The molecule has 0 spiro atoms. The number of unbranched alkanes of at least 4 members (excludes halogenated alkanes) is 1. The van der Waals surface area contributed by atoms with Crippen molar-refractivity contribution in [2.45, 2.75) is 40.5 Å². The molecule has 28 heavy (non-hydrogen) atoms. The molecule has 2 aromatic rings. The minimum atomic E-state index is -0.261. The minimum Gasteiger partial charge on any atom is -0.372 e. The molecule has 2 amide bonds. The fourth-order valence-corrected chi connectivity index (χ4v) is 2.93. The predicted molar refractivity (Wildman–Crippen MR) is 114 cm³/mol. The van der Waals surface area contributed by atoms with Gasteiger partial charge in [0, 0.05) is 42.8 Å². The number of nitrogens with one attached hydrogen (secondary N) is 2. The van der Waals surface area contributed by atoms with Crippen LogP contribution in [0.15, 0.2) is 36.5 Å². The Morgan fingerprint density at radius 2 is 1.79 bits per heavy atom. The van der Waals surface area contributed by atoms with E-state index in [1.54, 1.807) is 6.07 Å². The van der Waals surface area contributed by atoms with Crippen molar-refractivity contribution < 1.29 is 9.59 Å². The van der Waals surface area contributed by atoms with Gasteiger partial charge in [-0.2, -0.15) is 0 Å². The van der Waals surface area contributed by atoms with Gasteiger partial charge in [-0.15, -0.1) is 0 Å². The summed E-state index contributed by atoms with van der Waals surface area (Å²) in [5, 5.41) is 5.75. The van der Waals surface area contributed by atoms with Crippen molar-refractivity contribution in [1.82, 2.24) is 10.3 Å². The number of aromatic nitrogens is 1. The zero-order chi connectivity index (χ0) is 20.5. The number of carbonyl (C=O) groups is 2. The smallest absolute Gasteiger partial charge is 0.269 e. The van der Waals surface area contributed by atoms with Crippen molar-refractivity contribution in [3.63, 3.8) is 0 Å². The molecule has 0 bridgehead atoms. The summed E-state index contributed by atoms with van der Waals surface area (Å²) in [6, 6.07) is 9.13. The molecular weight excluding hydrogens is 352 g/mol. The lowest BCUT2D eigenvalue weighted by molar-refractivity contribution is 0.0948. The number of pyridine rings is 1. The van der Waals surface area contributed by atoms with Gasteiger partial charge in [0.1, 0.15) is 5.69 Å². The highest BCUT2D eigenvalue weighted by Crippen LogP contribution is 2.23. The van der Waals surface area contributed by atoms with Gasteiger partial charge >= 0.3 is 0 Å². The van der Waals surface area contributed by atoms with Gasteiger partial charge in [0.05, 0.1) is 0 Å². The first-order valence-corrected chi connectivity index (χ1v) is 9.91. The van der Waals surface area contributed by atoms with E-state index in [0.717, 1.165) is 42.9 Å². The van der Waals surface area contributed by atoms with E-state index < -0.39 is 0 Å². The summed E-state index contributed by atoms with van der Waals surface area (Å²) in [6.07, 6.45) is 3.40. The van der Waals surface area contributed by atoms with E-state index in [0.29, 0.717) is 12.1 Å². The van der Waals surface area contributed by atoms with E-state index in [4.69, 9.17) is 0 Å². The van der Waals surface area contributed by atoms with Crippen LogP contribution in [0.4, 0.5) is 11.4 Å². The molecule has 0 aliphatic heterocycles. The summed E-state index contributed by atoms with van der Waals surface area (Å²) in [5.41, 5.74) is 3.53. The molecule has 150 valence electrons. The van der Waals surface area contributed by atoms with Gasteiger partial charge in [0.15, 0.2) is 0 Å². The van der Waals surface area contributed by atoms with Gasteiger partial charge in [0.25, 0.3) is 11.8 Å². The lowest BCUT2D eigenvalue weighted by Gasteiger charge is -2.22. The number of nitrogens with zero attached hydrogens (tertiary/aromatic N) is 2. The monoisotopic (exact) mass is 382 g/mol. The third kappa shape index (κ3) is 5.55. The maximum absolute atomic E-state index is 12.7. The summed E-state index contributed by atoms with van der Waals surface area (Å²) in [6.45, 7) is 10.7. The van der Waals surface area contributed by atoms with Crippen LogP contribution in [0, 0.1) is 6.92 Å². The Balaban J connectivity index is 2.10. The third-order valence-corrected chi connectivity index (χ3v) is 4.66. The van der Waals surface area contributed by atoms with Crippen LogP contribution in [0.2, 0.25) is 0 Å². The summed E-state index contributed by atoms with van der Waals surface area (Å²) in [4.78, 5) is 31.1. The maximum atomic E-state index is 12.7. The first-order valence-electron chi connectivity index (χ1n) is 9.91. The second-order valence-corrected chi connectivity index (χ2v) is 6.66. The molecule has 0 radical (unpaired) electrons. The van der Waals surface area contributed by atoms with Crippen LogP contribution in [0.25, 0.3) is 0 Å². The summed E-state index contributed by atoms with van der Waals surface area (Å²) in [7, 11) is 0. The number of amides is 2. The molecule has 6 nitrogen and oxygen atoms in total. The van der Waals surface area contributed by atoms with Crippen LogP contribution in [-0.2, 0) is 0 Å². The van der Waals surface area contributed by atoms with Gasteiger partial charge in [-0.25, -0.2) is 0 Å². The molecule has 2 rings (SSSR count). The second-order valence-electron chi connectivity index (χ2n) is 6.66. The van der Waals surface area contributed by atoms with E-state index in [-0.39, 0.29) is 17.5 Å². The maximum Gasteiger partial charge on any atom is 0.269 e. The molecule has 2 N–H and O–H groups in total. The van der Waals surface area contributed by atoms with Crippen LogP contribution in [0.5, 0.6) is 0 Å². The molecule has 0 aliphatic rings. The van der Waals surface area contributed by atoms with Crippen LogP contribution >= 0.6 is 0 Å². The fourth-order valence-electron chi connectivity index (χ4n) is 2.93. The number of benzene rings is 1. The molecule has 6 heteroatoms. The van der Waals surface area contributed by atoms with Crippen LogP contribution < -0.4 is 15.5 Å². The molecule has 0 fully saturated rings. The van der Waals surface area contributed by atoms with E-state index in [9.17, 15) is 9.59 Å². The quantitative estimate of drug-likeness (QED) is 0.643. The van der Waals surface area contributed by atoms with Gasteiger partial charge in [-0.05, 0) is 63.1 Å². The van der Waals surface area contributed by atoms with Crippen molar-refractivity contribution in [2.75, 3.05) is 29.9 Å². The average molecular weight is 383 g/mol. The van der Waals surface area contributed by atoms with Crippen molar-refractivity contribution in [1.29, 1.82) is 0 Å². The number of hydrogen-bond acceptors (Lipinski definition) is 4. The van der Waals surface area contributed by atoms with E-state index >= 15 is 0 Å². The molecule has 0 saturated carbocycles. The Morgan fingerprint density at radius 3 is 2.43 bits per heavy atom. The highest BCUT2D eigenvalue weighted by molar-refractivity contribution is 6.06. The van der Waals surface area contributed by atoms with E-state index in [1.807, 2.05) is 19.1 Å². The van der Waals surface area contributed by atoms with E-state index in [2.05, 4.69) is 47.4 Å². The third-order valence-electron chi connectivity index (χ3n) is 4.66. The fraction of sp³-hybridized carbons (Fsp3) is 0.409. The van der Waals surface area contributed by atoms with Crippen LogP contribution in [0.1, 0.15) is 60.0 Å². The molecular formula is C22H30N4O2. The second kappa shape index (κ2) is 10.4. The van der Waals surface area contributed by atoms with Crippen molar-refractivity contribution in [3.8, 4) is 0 Å². The Labute approximate surface area is 167 Å². The molecule has 0 saturated heterocycles. The lowest BCUT2D eigenvalue weighted by Crippen LogP contribution is -2.25. The molecule has 1 aromatic carbocycles. The number of hydrogen-bond donors (Lipinski definition) is 2. The highest BCUT2D eigenvalue weighted by atomic mass is 16.2. The van der Waals surface area contributed by atoms with Crippen molar-refractivity contribution in [3.05, 3.63) is 53.3 Å². The van der Waals surface area contributed by atoms with Gasteiger partial charge in [-0.3, -0.25) is 14.6 Å². The van der Waals surface area contributed by atoms with Gasteiger partial charge in [-0.1, -0.05) is 13.3 Å². The SMILES string of the molecule is CCCCNC(=O)c1cc(C(=O)Nc2ccc(N(CC)CC)cc2C)ccn1. The largest absolute Gasteiger partial charge is 0.372 e. The van der Waals surface area contributed by atoms with Crippen LogP contribution in [0.3, 0.4) is 0 Å². The topological polar surface area (TPSA) is 74.3 Å². The first-order chi connectivity index (χ1) is 13.5. The zero-order valence-corrected chi connectivity index (χ0v) is 17.2. The summed E-state index contributed by atoms with van der Waals surface area (Å²) >= 11 is 0. The Bertz CT molecular complexity index is 816. The number of anilines is 2. The number of aryl methyl sites for hydroxylation is 1. The minimum absolute atomic E-state index is 0.248. The Morgan fingerprint density at radius 1 is 1.04 bits per heavy atom. The van der Waals surface area contributed by atoms with Crippen LogP contribution in [-0.4, -0.2) is 36.4 Å². The average Bonchev–Trinajstić information content (AvgIpc) is 2.71. The van der Waals surface area contributed by atoms with Crippen molar-refractivity contribution in [2.24, 2.45) is 0 Å². The van der Waals surface area contributed by atoms with Crippen molar-refractivity contribution >= 4 is 23.2 Å². The molecule has 0 aliphatic carbocycles. The Kier molecular flexibility index (Phi) is 7.99. The highest BCUT2D eigenvalue weighted by Gasteiger charge is 2.13. The standard InChI is InChI=1S/C22H30N4O2/c1-5-8-12-24-22(28)20-15-17(11-13-23-20)21(27)25-19-10-9-18(14-16(19)4)26(6-2)7-3/h9-11,13-15H,5-8,12H2,1-4H3,(H,24,28)(H,25,27). The normalized spacial score (nSPS) is 10.4. The van der Waals surface area contributed by atoms with Gasteiger partial charge < -0.3 is 15.5 Å². The first kappa shape index (κ1) is 21.4. The predicted octanol–water partition coefficient (Wildman–Crippen LogP) is 4.02. The summed E-state index contributed by atoms with van der Waals surface area (Å²) < 4.78 is 0. The zero-order valence-electron chi connectivity index (χ0n) is 17.2. The van der Waals surface area contributed by atoms with E-state index in [1.165, 1.54) is 12.3 Å². The molecule has 0 unspecified atom stereocenters. The van der Waals surface area contributed by atoms with Gasteiger partial charge in [0.2, 0.25) is 0 Å². The molecule has 1 aromatic heterocycles. The number of rotatable bonds is 9.